The molecular formula is C28H29FN8O2. The van der Waals surface area contributed by atoms with Crippen LogP contribution in [0.5, 0.6) is 0 Å². The summed E-state index contributed by atoms with van der Waals surface area (Å²) in [6.45, 7) is 1.32. The highest BCUT2D eigenvalue weighted by molar-refractivity contribution is 6.04. The second kappa shape index (κ2) is 11.0. The number of nitrogens with zero attached hydrogens (tertiary/aromatic N) is 6. The molecule has 0 bridgehead atoms. The molecule has 4 heterocycles. The molecular weight excluding hydrogens is 499 g/mol. The monoisotopic (exact) mass is 528 g/mol. The molecule has 10 nitrogen and oxygen atoms in total. The summed E-state index contributed by atoms with van der Waals surface area (Å²) < 4.78 is 15.3. The number of nitrogens with two attached hydrogens (primary N) is 1. The predicted molar refractivity (Wildman–Crippen MR) is 146 cm³/mol. The molecule has 0 unspecified atom stereocenters. The second-order valence-electron chi connectivity index (χ2n) is 9.59. The van der Waals surface area contributed by atoms with Crippen LogP contribution < -0.4 is 11.1 Å². The van der Waals surface area contributed by atoms with E-state index in [0.717, 1.165) is 24.5 Å². The number of carbonyl (C=O) groups excluding carboxylic acids is 2. The van der Waals surface area contributed by atoms with Crippen molar-refractivity contribution in [3.63, 3.8) is 0 Å². The number of benzene rings is 1. The molecule has 3 aromatic heterocycles. The molecule has 1 atom stereocenters. The lowest BCUT2D eigenvalue weighted by Gasteiger charge is -2.22. The number of pyridine rings is 1. The number of hydrogen-bond donors (Lipinski definition) is 2. The van der Waals surface area contributed by atoms with Crippen LogP contribution in [0.2, 0.25) is 0 Å². The molecule has 39 heavy (non-hydrogen) atoms. The predicted octanol–water partition coefficient (Wildman–Crippen LogP) is 3.55. The van der Waals surface area contributed by atoms with Gasteiger partial charge >= 0.3 is 0 Å². The Morgan fingerprint density at radius 1 is 1.18 bits per heavy atom. The highest BCUT2D eigenvalue weighted by atomic mass is 19.1. The zero-order valence-electron chi connectivity index (χ0n) is 21.7. The number of nitrogens with one attached hydrogen (secondary N) is 1. The molecule has 1 aliphatic rings. The lowest BCUT2D eigenvalue weighted by molar-refractivity contribution is -0.127. The fraction of sp³-hybridized carbons (Fsp3) is 0.250. The van der Waals surface area contributed by atoms with Gasteiger partial charge in [-0.1, -0.05) is 18.2 Å². The minimum Gasteiger partial charge on any atom is -0.382 e. The summed E-state index contributed by atoms with van der Waals surface area (Å²) in [6.07, 6.45) is 9.82. The van der Waals surface area contributed by atoms with Crippen molar-refractivity contribution >= 4 is 29.0 Å². The molecule has 1 aliphatic heterocycles. The van der Waals surface area contributed by atoms with Crippen LogP contribution in [0.15, 0.2) is 67.1 Å². The first kappa shape index (κ1) is 26.0. The van der Waals surface area contributed by atoms with Gasteiger partial charge in [-0.2, -0.15) is 0 Å². The van der Waals surface area contributed by atoms with Crippen molar-refractivity contribution in [2.24, 2.45) is 0 Å². The number of halogens is 1. The Hall–Kier alpha value is -4.64. The van der Waals surface area contributed by atoms with Gasteiger partial charge in [-0.3, -0.25) is 14.0 Å². The van der Waals surface area contributed by atoms with Crippen LogP contribution in [0.4, 0.5) is 16.0 Å². The third kappa shape index (κ3) is 5.48. The summed E-state index contributed by atoms with van der Waals surface area (Å²) in [5, 5.41) is 2.59. The van der Waals surface area contributed by atoms with E-state index in [1.165, 1.54) is 12.3 Å². The smallest absolute Gasteiger partial charge is 0.256 e. The summed E-state index contributed by atoms with van der Waals surface area (Å²) >= 11 is 0. The Morgan fingerprint density at radius 3 is 2.72 bits per heavy atom. The highest BCUT2D eigenvalue weighted by Crippen LogP contribution is 2.36. The number of fused-ring (bicyclic) bond motifs is 1. The zero-order valence-corrected chi connectivity index (χ0v) is 21.7. The third-order valence-corrected chi connectivity index (χ3v) is 6.56. The van der Waals surface area contributed by atoms with Gasteiger partial charge in [0.2, 0.25) is 5.91 Å². The fourth-order valence-corrected chi connectivity index (χ4v) is 4.72. The zero-order chi connectivity index (χ0) is 27.5. The molecule has 0 aliphatic carbocycles. The van der Waals surface area contributed by atoms with E-state index in [-0.39, 0.29) is 17.8 Å². The van der Waals surface area contributed by atoms with E-state index in [2.05, 4.69) is 15.3 Å². The van der Waals surface area contributed by atoms with E-state index in [1.54, 1.807) is 42.7 Å². The van der Waals surface area contributed by atoms with Gasteiger partial charge in [0, 0.05) is 54.9 Å². The van der Waals surface area contributed by atoms with Crippen LogP contribution in [-0.4, -0.2) is 68.2 Å². The fourth-order valence-electron chi connectivity index (χ4n) is 4.72. The Balaban J connectivity index is 1.45. The average molecular weight is 529 g/mol. The maximum absolute atomic E-state index is 13.4. The number of carbonyl (C=O) groups is 2. The quantitative estimate of drug-likeness (QED) is 0.352. The molecule has 0 radical (unpaired) electrons. The minimum atomic E-state index is -0.489. The number of likely N-dealkylation sites (tertiary alicyclic amines) is 1. The van der Waals surface area contributed by atoms with Crippen LogP contribution >= 0.6 is 0 Å². The van der Waals surface area contributed by atoms with E-state index in [0.29, 0.717) is 41.5 Å². The molecule has 3 N–H and O–H groups in total. The minimum absolute atomic E-state index is 0.0529. The number of aromatic nitrogens is 4. The SMILES string of the molecule is CN(C)CC=CC(=O)N1CCC[C@H]1c1nc(-c2ccc(C(=O)Nc3cc(F)ccn3)cc2)c2c(N)nccn12. The summed E-state index contributed by atoms with van der Waals surface area (Å²) in [7, 11) is 3.90. The van der Waals surface area contributed by atoms with E-state index >= 15 is 0 Å². The summed E-state index contributed by atoms with van der Waals surface area (Å²) in [5.74, 6) is 0.185. The number of anilines is 2. The third-order valence-electron chi connectivity index (χ3n) is 6.56. The Kier molecular flexibility index (Phi) is 7.33. The standard InChI is InChI=1S/C28H29FN8O2/c1-35(2)14-4-6-23(38)36-15-3-5-21(36)27-34-24(25-26(30)32-13-16-37(25)27)18-7-9-19(10-8-18)28(39)33-22-17-20(29)11-12-31-22/h4,6-13,16-17,21H,3,5,14-15H2,1-2H3,(H2,30,32)(H,31,33,39)/t21-/m0/s1. The topological polar surface area (TPSA) is 122 Å². The Bertz CT molecular complexity index is 1550. The number of nitrogen functional groups attached to an aromatic ring is 1. The van der Waals surface area contributed by atoms with Crippen molar-refractivity contribution in [3.05, 3.63) is 84.3 Å². The molecule has 0 spiro atoms. The lowest BCUT2D eigenvalue weighted by atomic mass is 10.1. The molecule has 1 saturated heterocycles. The lowest BCUT2D eigenvalue weighted by Crippen LogP contribution is -2.30. The Labute approximate surface area is 225 Å². The van der Waals surface area contributed by atoms with E-state index in [4.69, 9.17) is 10.7 Å². The Morgan fingerprint density at radius 2 is 1.97 bits per heavy atom. The summed E-state index contributed by atoms with van der Waals surface area (Å²) in [4.78, 5) is 42.7. The number of likely N-dealkylation sites (N-methyl/N-ethyl adjacent to an activating group) is 1. The summed E-state index contributed by atoms with van der Waals surface area (Å²) in [5.41, 5.74) is 8.65. The van der Waals surface area contributed by atoms with Gasteiger partial charge in [0.1, 0.15) is 34.5 Å². The first-order chi connectivity index (χ1) is 18.8. The number of amides is 2. The molecule has 1 aromatic carbocycles. The first-order valence-corrected chi connectivity index (χ1v) is 12.6. The first-order valence-electron chi connectivity index (χ1n) is 12.6. The maximum atomic E-state index is 13.4. The summed E-state index contributed by atoms with van der Waals surface area (Å²) in [6, 6.07) is 8.99. The average Bonchev–Trinajstić information content (AvgIpc) is 3.54. The molecule has 4 aromatic rings. The van der Waals surface area contributed by atoms with Crippen LogP contribution in [-0.2, 0) is 4.79 Å². The van der Waals surface area contributed by atoms with Gasteiger partial charge in [0.25, 0.3) is 5.91 Å². The van der Waals surface area contributed by atoms with E-state index in [1.807, 2.05) is 34.4 Å². The molecule has 1 fully saturated rings. The van der Waals surface area contributed by atoms with Crippen molar-refractivity contribution in [3.8, 4) is 11.3 Å². The highest BCUT2D eigenvalue weighted by Gasteiger charge is 2.33. The van der Waals surface area contributed by atoms with Gasteiger partial charge < -0.3 is 20.9 Å². The van der Waals surface area contributed by atoms with Gasteiger partial charge in [0.15, 0.2) is 0 Å². The van der Waals surface area contributed by atoms with Crippen molar-refractivity contribution in [2.45, 2.75) is 18.9 Å². The van der Waals surface area contributed by atoms with Gasteiger partial charge in [-0.15, -0.1) is 0 Å². The van der Waals surface area contributed by atoms with Gasteiger partial charge in [-0.05, 0) is 45.1 Å². The van der Waals surface area contributed by atoms with Crippen molar-refractivity contribution in [1.29, 1.82) is 0 Å². The second-order valence-corrected chi connectivity index (χ2v) is 9.59. The number of imidazole rings is 1. The van der Waals surface area contributed by atoms with Crippen LogP contribution in [0, 0.1) is 5.82 Å². The van der Waals surface area contributed by atoms with Gasteiger partial charge in [-0.25, -0.2) is 19.3 Å². The normalized spacial score (nSPS) is 15.5. The maximum Gasteiger partial charge on any atom is 0.256 e. The van der Waals surface area contributed by atoms with Crippen molar-refractivity contribution in [1.82, 2.24) is 29.2 Å². The molecule has 11 heteroatoms. The van der Waals surface area contributed by atoms with Crippen molar-refractivity contribution < 1.29 is 14.0 Å². The van der Waals surface area contributed by atoms with E-state index in [9.17, 15) is 14.0 Å². The number of hydrogen-bond acceptors (Lipinski definition) is 7. The van der Waals surface area contributed by atoms with Crippen LogP contribution in [0.1, 0.15) is 35.1 Å². The molecule has 200 valence electrons. The number of rotatable bonds is 7. The van der Waals surface area contributed by atoms with E-state index < -0.39 is 11.7 Å². The molecule has 2 amide bonds. The van der Waals surface area contributed by atoms with Crippen LogP contribution in [0.3, 0.4) is 0 Å². The molecule has 0 saturated carbocycles. The van der Waals surface area contributed by atoms with Crippen molar-refractivity contribution in [2.75, 3.05) is 38.2 Å². The van der Waals surface area contributed by atoms with Gasteiger partial charge in [0.05, 0.1) is 6.04 Å². The largest absolute Gasteiger partial charge is 0.382 e. The van der Waals surface area contributed by atoms with Crippen LogP contribution in [0.25, 0.3) is 16.8 Å². The molecule has 5 rings (SSSR count).